The SMILES string of the molecule is COC(=O)Nc1c(C)nc2n(C)c3ccccc3n12. The van der Waals surface area contributed by atoms with Crippen LogP contribution in [0.25, 0.3) is 16.8 Å². The van der Waals surface area contributed by atoms with Gasteiger partial charge >= 0.3 is 6.09 Å². The fraction of sp³-hybridized carbons (Fsp3) is 0.231. The van der Waals surface area contributed by atoms with Crippen LogP contribution in [-0.2, 0) is 11.8 Å². The van der Waals surface area contributed by atoms with Crippen molar-refractivity contribution < 1.29 is 9.53 Å². The van der Waals surface area contributed by atoms with Crippen molar-refractivity contribution in [3.8, 4) is 0 Å². The van der Waals surface area contributed by atoms with Gasteiger partial charge < -0.3 is 9.30 Å². The van der Waals surface area contributed by atoms with Crippen molar-refractivity contribution >= 4 is 28.7 Å². The van der Waals surface area contributed by atoms with Crippen LogP contribution in [0.5, 0.6) is 0 Å². The van der Waals surface area contributed by atoms with E-state index in [1.807, 2.05) is 47.2 Å². The smallest absolute Gasteiger partial charge is 0.412 e. The Hall–Kier alpha value is -2.50. The summed E-state index contributed by atoms with van der Waals surface area (Å²) in [5.41, 5.74) is 2.80. The number of rotatable bonds is 1. The van der Waals surface area contributed by atoms with E-state index in [9.17, 15) is 4.79 Å². The third kappa shape index (κ3) is 1.56. The van der Waals surface area contributed by atoms with Crippen LogP contribution < -0.4 is 5.32 Å². The van der Waals surface area contributed by atoms with Gasteiger partial charge in [0.2, 0.25) is 5.78 Å². The molecule has 19 heavy (non-hydrogen) atoms. The maximum absolute atomic E-state index is 11.4. The van der Waals surface area contributed by atoms with Crippen molar-refractivity contribution in [2.24, 2.45) is 7.05 Å². The minimum atomic E-state index is -0.502. The normalized spacial score (nSPS) is 11.1. The van der Waals surface area contributed by atoms with Crippen LogP contribution in [0.1, 0.15) is 5.69 Å². The van der Waals surface area contributed by atoms with E-state index in [4.69, 9.17) is 0 Å². The number of amides is 1. The third-order valence-electron chi connectivity index (χ3n) is 3.22. The molecule has 0 atom stereocenters. The van der Waals surface area contributed by atoms with Gasteiger partial charge in [-0.25, -0.2) is 9.78 Å². The van der Waals surface area contributed by atoms with Crippen LogP contribution in [0.15, 0.2) is 24.3 Å². The fourth-order valence-electron chi connectivity index (χ4n) is 2.31. The van der Waals surface area contributed by atoms with Gasteiger partial charge in [0.25, 0.3) is 0 Å². The zero-order chi connectivity index (χ0) is 13.6. The van der Waals surface area contributed by atoms with Crippen molar-refractivity contribution in [2.75, 3.05) is 12.4 Å². The lowest BCUT2D eigenvalue weighted by Gasteiger charge is -2.03. The van der Waals surface area contributed by atoms with Crippen LogP contribution in [0.3, 0.4) is 0 Å². The van der Waals surface area contributed by atoms with Crippen LogP contribution >= 0.6 is 0 Å². The number of benzene rings is 1. The van der Waals surface area contributed by atoms with Gasteiger partial charge in [-0.05, 0) is 19.1 Å². The van der Waals surface area contributed by atoms with Gasteiger partial charge in [-0.3, -0.25) is 9.72 Å². The second-order valence-corrected chi connectivity index (χ2v) is 4.35. The van der Waals surface area contributed by atoms with E-state index in [-0.39, 0.29) is 0 Å². The number of para-hydroxylation sites is 2. The Labute approximate surface area is 109 Å². The molecule has 0 saturated heterocycles. The lowest BCUT2D eigenvalue weighted by atomic mass is 10.3. The van der Waals surface area contributed by atoms with Gasteiger partial charge in [0.15, 0.2) is 0 Å². The highest BCUT2D eigenvalue weighted by atomic mass is 16.5. The number of methoxy groups -OCH3 is 1. The number of aromatic nitrogens is 3. The van der Waals surface area contributed by atoms with Crippen LogP contribution in [0, 0.1) is 6.92 Å². The van der Waals surface area contributed by atoms with E-state index in [0.717, 1.165) is 22.5 Å². The largest absolute Gasteiger partial charge is 0.453 e. The predicted molar refractivity (Wildman–Crippen MR) is 72.4 cm³/mol. The first-order valence-electron chi connectivity index (χ1n) is 5.91. The number of nitrogens with one attached hydrogen (secondary N) is 1. The molecule has 2 heterocycles. The number of imidazole rings is 2. The molecule has 0 radical (unpaired) electrons. The standard InChI is InChI=1S/C13H14N4O2/c1-8-11(15-13(18)19-3)17-10-7-5-4-6-9(10)16(2)12(17)14-8/h4-7H,1-3H3,(H,15,18). The highest BCUT2D eigenvalue weighted by Crippen LogP contribution is 2.26. The van der Waals surface area contributed by atoms with Crippen molar-refractivity contribution in [1.82, 2.24) is 14.0 Å². The molecule has 1 amide bonds. The van der Waals surface area contributed by atoms with E-state index in [0.29, 0.717) is 5.82 Å². The van der Waals surface area contributed by atoms with Crippen molar-refractivity contribution in [3.05, 3.63) is 30.0 Å². The Kier molecular flexibility index (Phi) is 2.45. The van der Waals surface area contributed by atoms with Crippen molar-refractivity contribution in [2.45, 2.75) is 6.92 Å². The molecule has 1 N–H and O–H groups in total. The first kappa shape index (κ1) is 11.6. The lowest BCUT2D eigenvalue weighted by Crippen LogP contribution is -2.13. The quantitative estimate of drug-likeness (QED) is 0.728. The molecule has 0 aliphatic rings. The van der Waals surface area contributed by atoms with Crippen LogP contribution in [0.4, 0.5) is 10.6 Å². The zero-order valence-electron chi connectivity index (χ0n) is 11.0. The summed E-state index contributed by atoms with van der Waals surface area (Å²) < 4.78 is 8.56. The number of hydrogen-bond acceptors (Lipinski definition) is 3. The molecule has 3 rings (SSSR count). The second-order valence-electron chi connectivity index (χ2n) is 4.35. The lowest BCUT2D eigenvalue weighted by molar-refractivity contribution is 0.187. The Morgan fingerprint density at radius 2 is 2.00 bits per heavy atom. The summed E-state index contributed by atoms with van der Waals surface area (Å²) in [5.74, 6) is 1.42. The summed E-state index contributed by atoms with van der Waals surface area (Å²) in [7, 11) is 3.29. The van der Waals surface area contributed by atoms with Gasteiger partial charge in [0, 0.05) is 7.05 Å². The first-order valence-corrected chi connectivity index (χ1v) is 5.91. The molecule has 0 spiro atoms. The maximum Gasteiger partial charge on any atom is 0.412 e. The van der Waals surface area contributed by atoms with Gasteiger partial charge in [-0.2, -0.15) is 0 Å². The van der Waals surface area contributed by atoms with E-state index >= 15 is 0 Å². The summed E-state index contributed by atoms with van der Waals surface area (Å²) >= 11 is 0. The predicted octanol–water partition coefficient (Wildman–Crippen LogP) is 2.31. The molecule has 0 unspecified atom stereocenters. The summed E-state index contributed by atoms with van der Waals surface area (Å²) in [4.78, 5) is 15.9. The molecule has 3 aromatic rings. The van der Waals surface area contributed by atoms with Gasteiger partial charge in [0.1, 0.15) is 5.82 Å². The van der Waals surface area contributed by atoms with Crippen molar-refractivity contribution in [3.63, 3.8) is 0 Å². The van der Waals surface area contributed by atoms with Crippen molar-refractivity contribution in [1.29, 1.82) is 0 Å². The van der Waals surface area contributed by atoms with E-state index in [2.05, 4.69) is 15.0 Å². The summed E-state index contributed by atoms with van der Waals surface area (Å²) in [6.45, 7) is 1.85. The average molecular weight is 258 g/mol. The number of anilines is 1. The fourth-order valence-corrected chi connectivity index (χ4v) is 2.31. The minimum absolute atomic E-state index is 0.502. The Balaban J connectivity index is 2.35. The Morgan fingerprint density at radius 3 is 2.68 bits per heavy atom. The summed E-state index contributed by atoms with van der Waals surface area (Å²) in [6, 6.07) is 7.94. The first-order chi connectivity index (χ1) is 9.13. The number of ether oxygens (including phenoxy) is 1. The molecule has 0 aliphatic heterocycles. The molecule has 0 aliphatic carbocycles. The Morgan fingerprint density at radius 1 is 1.32 bits per heavy atom. The molecule has 0 bridgehead atoms. The van der Waals surface area contributed by atoms with Gasteiger partial charge in [0.05, 0.1) is 23.8 Å². The molecule has 6 heteroatoms. The van der Waals surface area contributed by atoms with E-state index in [1.54, 1.807) is 0 Å². The highest BCUT2D eigenvalue weighted by Gasteiger charge is 2.17. The van der Waals surface area contributed by atoms with Crippen LogP contribution in [-0.4, -0.2) is 27.2 Å². The Bertz CT molecular complexity index is 785. The molecule has 6 nitrogen and oxygen atoms in total. The number of fused-ring (bicyclic) bond motifs is 3. The van der Waals surface area contributed by atoms with Crippen LogP contribution in [0.2, 0.25) is 0 Å². The number of aryl methyl sites for hydroxylation is 2. The molecular weight excluding hydrogens is 244 g/mol. The summed E-state index contributed by atoms with van der Waals surface area (Å²) in [5, 5.41) is 2.71. The molecule has 0 fully saturated rings. The maximum atomic E-state index is 11.4. The average Bonchev–Trinajstić information content (AvgIpc) is 2.88. The molecule has 2 aromatic heterocycles. The van der Waals surface area contributed by atoms with Gasteiger partial charge in [-0.15, -0.1) is 0 Å². The molecule has 1 aromatic carbocycles. The number of hydrogen-bond donors (Lipinski definition) is 1. The number of carbonyl (C=O) groups is 1. The number of nitrogens with zero attached hydrogens (tertiary/aromatic N) is 3. The highest BCUT2D eigenvalue weighted by molar-refractivity contribution is 5.89. The minimum Gasteiger partial charge on any atom is -0.453 e. The summed E-state index contributed by atoms with van der Waals surface area (Å²) in [6.07, 6.45) is -0.502. The third-order valence-corrected chi connectivity index (χ3v) is 3.22. The van der Waals surface area contributed by atoms with Gasteiger partial charge in [-0.1, -0.05) is 12.1 Å². The molecule has 98 valence electrons. The molecular formula is C13H14N4O2. The number of carbonyl (C=O) groups excluding carboxylic acids is 1. The molecule has 0 saturated carbocycles. The monoisotopic (exact) mass is 258 g/mol. The second kappa shape index (κ2) is 4.01. The zero-order valence-corrected chi connectivity index (χ0v) is 11.0. The topological polar surface area (TPSA) is 60.6 Å². The van der Waals surface area contributed by atoms with E-state index in [1.165, 1.54) is 7.11 Å². The van der Waals surface area contributed by atoms with E-state index < -0.39 is 6.09 Å².